The number of benzene rings is 1. The van der Waals surface area contributed by atoms with E-state index in [0.717, 1.165) is 30.7 Å². The molecule has 144 valence electrons. The fourth-order valence-corrected chi connectivity index (χ4v) is 3.43. The van der Waals surface area contributed by atoms with Gasteiger partial charge in [0, 0.05) is 18.5 Å². The zero-order chi connectivity index (χ0) is 19.5. The number of carbonyl (C=O) groups excluding carboxylic acids is 1. The van der Waals surface area contributed by atoms with Gasteiger partial charge in [-0.15, -0.1) is 0 Å². The summed E-state index contributed by atoms with van der Waals surface area (Å²) < 4.78 is 7.18. The number of hydrogen-bond donors (Lipinski definition) is 2. The first kappa shape index (κ1) is 18.2. The molecule has 0 aliphatic carbocycles. The molecule has 1 aliphatic rings. The number of ether oxygens (including phenoxy) is 1. The standard InChI is InChI=1S/C21H22N4O3/c1-14-8-9-25(12-17-3-2-10-28-17)21(27)19(14)20(26)24-16-6-4-15(5-7-16)18-11-22-13-23-18/h4-9,11,13,17H,2-3,10,12H2,1H3,(H,22,23)(H,24,26). The first-order chi connectivity index (χ1) is 13.6. The Morgan fingerprint density at radius 2 is 2.14 bits per heavy atom. The number of pyridine rings is 1. The van der Waals surface area contributed by atoms with Crippen LogP contribution >= 0.6 is 0 Å². The maximum absolute atomic E-state index is 12.9. The van der Waals surface area contributed by atoms with Crippen LogP contribution < -0.4 is 10.9 Å². The first-order valence-corrected chi connectivity index (χ1v) is 9.33. The quantitative estimate of drug-likeness (QED) is 0.714. The predicted molar refractivity (Wildman–Crippen MR) is 106 cm³/mol. The van der Waals surface area contributed by atoms with E-state index < -0.39 is 5.91 Å². The second-order valence-electron chi connectivity index (χ2n) is 6.96. The fourth-order valence-electron chi connectivity index (χ4n) is 3.43. The van der Waals surface area contributed by atoms with Gasteiger partial charge >= 0.3 is 0 Å². The summed E-state index contributed by atoms with van der Waals surface area (Å²) in [6.45, 7) is 2.97. The Morgan fingerprint density at radius 3 is 2.82 bits per heavy atom. The SMILES string of the molecule is Cc1ccn(CC2CCCO2)c(=O)c1C(=O)Nc1ccc(-c2cnc[nH]2)cc1. The molecule has 1 aliphatic heterocycles. The van der Waals surface area contributed by atoms with Gasteiger partial charge in [-0.25, -0.2) is 4.98 Å². The molecule has 7 nitrogen and oxygen atoms in total. The molecule has 3 heterocycles. The number of carbonyl (C=O) groups is 1. The maximum atomic E-state index is 12.9. The molecule has 28 heavy (non-hydrogen) atoms. The summed E-state index contributed by atoms with van der Waals surface area (Å²) in [4.78, 5) is 32.7. The minimum atomic E-state index is -0.404. The number of aromatic amines is 1. The summed E-state index contributed by atoms with van der Waals surface area (Å²) in [5.74, 6) is -0.404. The minimum absolute atomic E-state index is 0.0337. The average molecular weight is 378 g/mol. The van der Waals surface area contributed by atoms with Gasteiger partial charge < -0.3 is 19.6 Å². The van der Waals surface area contributed by atoms with Gasteiger partial charge in [0.1, 0.15) is 5.56 Å². The second kappa shape index (κ2) is 7.82. The molecule has 1 saturated heterocycles. The average Bonchev–Trinajstić information content (AvgIpc) is 3.39. The van der Waals surface area contributed by atoms with Crippen molar-refractivity contribution >= 4 is 11.6 Å². The van der Waals surface area contributed by atoms with Crippen LogP contribution in [0.2, 0.25) is 0 Å². The van der Waals surface area contributed by atoms with Gasteiger partial charge in [-0.05, 0) is 49.1 Å². The molecule has 1 aromatic carbocycles. The minimum Gasteiger partial charge on any atom is -0.376 e. The number of H-pyrrole nitrogens is 1. The van der Waals surface area contributed by atoms with Crippen LogP contribution in [-0.4, -0.2) is 33.2 Å². The summed E-state index contributed by atoms with van der Waals surface area (Å²) in [6, 6.07) is 9.18. The van der Waals surface area contributed by atoms with Crippen molar-refractivity contribution in [2.75, 3.05) is 11.9 Å². The Labute approximate surface area is 162 Å². The monoisotopic (exact) mass is 378 g/mol. The molecule has 1 atom stereocenters. The lowest BCUT2D eigenvalue weighted by Gasteiger charge is -2.14. The number of anilines is 1. The summed E-state index contributed by atoms with van der Waals surface area (Å²) in [5, 5.41) is 2.82. The van der Waals surface area contributed by atoms with Crippen molar-refractivity contribution in [3.63, 3.8) is 0 Å². The molecule has 1 amide bonds. The van der Waals surface area contributed by atoms with Crippen molar-refractivity contribution in [1.82, 2.24) is 14.5 Å². The Hall–Kier alpha value is -3.19. The molecular formula is C21H22N4O3. The maximum Gasteiger partial charge on any atom is 0.263 e. The Balaban J connectivity index is 1.53. The van der Waals surface area contributed by atoms with Crippen LogP contribution in [-0.2, 0) is 11.3 Å². The largest absolute Gasteiger partial charge is 0.376 e. The third-order valence-electron chi connectivity index (χ3n) is 4.98. The summed E-state index contributed by atoms with van der Waals surface area (Å²) in [7, 11) is 0. The number of aromatic nitrogens is 3. The van der Waals surface area contributed by atoms with E-state index in [4.69, 9.17) is 4.74 Å². The third kappa shape index (κ3) is 3.75. The third-order valence-corrected chi connectivity index (χ3v) is 4.98. The van der Waals surface area contributed by atoms with Crippen LogP contribution in [0.25, 0.3) is 11.3 Å². The van der Waals surface area contributed by atoms with E-state index in [1.54, 1.807) is 48.4 Å². The van der Waals surface area contributed by atoms with E-state index in [-0.39, 0.29) is 17.2 Å². The van der Waals surface area contributed by atoms with Gasteiger partial charge in [0.05, 0.1) is 30.9 Å². The number of amides is 1. The van der Waals surface area contributed by atoms with Gasteiger partial charge in [-0.2, -0.15) is 0 Å². The highest BCUT2D eigenvalue weighted by molar-refractivity contribution is 6.05. The molecule has 0 bridgehead atoms. The molecule has 1 fully saturated rings. The number of nitrogens with one attached hydrogen (secondary N) is 2. The summed E-state index contributed by atoms with van der Waals surface area (Å²) in [5.41, 5.74) is 3.01. The van der Waals surface area contributed by atoms with Gasteiger partial charge in [-0.3, -0.25) is 9.59 Å². The Bertz CT molecular complexity index is 1020. The van der Waals surface area contributed by atoms with Crippen molar-refractivity contribution in [2.24, 2.45) is 0 Å². The second-order valence-corrected chi connectivity index (χ2v) is 6.96. The molecule has 0 radical (unpaired) electrons. The van der Waals surface area contributed by atoms with Crippen molar-refractivity contribution in [1.29, 1.82) is 0 Å². The van der Waals surface area contributed by atoms with Crippen molar-refractivity contribution in [3.8, 4) is 11.3 Å². The zero-order valence-corrected chi connectivity index (χ0v) is 15.6. The molecule has 1 unspecified atom stereocenters. The Kier molecular flexibility index (Phi) is 5.08. The molecular weight excluding hydrogens is 356 g/mol. The van der Waals surface area contributed by atoms with E-state index >= 15 is 0 Å². The van der Waals surface area contributed by atoms with Crippen molar-refractivity contribution in [2.45, 2.75) is 32.4 Å². The highest BCUT2D eigenvalue weighted by Crippen LogP contribution is 2.19. The Morgan fingerprint density at radius 1 is 1.32 bits per heavy atom. The lowest BCUT2D eigenvalue weighted by atomic mass is 10.1. The molecule has 0 saturated carbocycles. The smallest absolute Gasteiger partial charge is 0.263 e. The van der Waals surface area contributed by atoms with E-state index in [1.807, 2.05) is 12.1 Å². The van der Waals surface area contributed by atoms with Gasteiger partial charge in [0.15, 0.2) is 0 Å². The van der Waals surface area contributed by atoms with E-state index in [2.05, 4.69) is 15.3 Å². The topological polar surface area (TPSA) is 89.0 Å². The molecule has 7 heteroatoms. The highest BCUT2D eigenvalue weighted by Gasteiger charge is 2.20. The van der Waals surface area contributed by atoms with E-state index in [1.165, 1.54) is 0 Å². The van der Waals surface area contributed by atoms with Crippen LogP contribution in [0.15, 0.2) is 53.8 Å². The van der Waals surface area contributed by atoms with E-state index in [0.29, 0.717) is 17.8 Å². The molecule has 3 aromatic rings. The normalized spacial score (nSPS) is 16.2. The molecule has 2 aromatic heterocycles. The molecule has 0 spiro atoms. The van der Waals surface area contributed by atoms with E-state index in [9.17, 15) is 9.59 Å². The lowest BCUT2D eigenvalue weighted by Crippen LogP contribution is -2.32. The van der Waals surface area contributed by atoms with Crippen LogP contribution in [0.4, 0.5) is 5.69 Å². The number of nitrogens with zero attached hydrogens (tertiary/aromatic N) is 2. The molecule has 2 N–H and O–H groups in total. The highest BCUT2D eigenvalue weighted by atomic mass is 16.5. The van der Waals surface area contributed by atoms with Crippen LogP contribution in [0.3, 0.4) is 0 Å². The first-order valence-electron chi connectivity index (χ1n) is 9.33. The van der Waals surface area contributed by atoms with Crippen molar-refractivity contribution < 1.29 is 9.53 Å². The summed E-state index contributed by atoms with van der Waals surface area (Å²) >= 11 is 0. The summed E-state index contributed by atoms with van der Waals surface area (Å²) in [6.07, 6.45) is 7.06. The lowest BCUT2D eigenvalue weighted by molar-refractivity contribution is 0.0952. The molecule has 4 rings (SSSR count). The van der Waals surface area contributed by atoms with Crippen molar-refractivity contribution in [3.05, 3.63) is 70.5 Å². The fraction of sp³-hybridized carbons (Fsp3) is 0.286. The van der Waals surface area contributed by atoms with Gasteiger partial charge in [-0.1, -0.05) is 12.1 Å². The van der Waals surface area contributed by atoms with Gasteiger partial charge in [0.2, 0.25) is 0 Å². The van der Waals surface area contributed by atoms with Crippen LogP contribution in [0.5, 0.6) is 0 Å². The number of rotatable bonds is 5. The van der Waals surface area contributed by atoms with Crippen LogP contribution in [0, 0.1) is 6.92 Å². The van der Waals surface area contributed by atoms with Gasteiger partial charge in [0.25, 0.3) is 11.5 Å². The number of imidazole rings is 1. The predicted octanol–water partition coefficient (Wildman–Crippen LogP) is 2.98. The zero-order valence-electron chi connectivity index (χ0n) is 15.6. The number of hydrogen-bond acceptors (Lipinski definition) is 4. The number of aryl methyl sites for hydroxylation is 1. The van der Waals surface area contributed by atoms with Crippen LogP contribution in [0.1, 0.15) is 28.8 Å².